The van der Waals surface area contributed by atoms with Gasteiger partial charge in [-0.1, -0.05) is 50.2 Å². The molecule has 0 unspecified atom stereocenters. The number of carboxylic acid groups (broad SMARTS) is 1. The predicted octanol–water partition coefficient (Wildman–Crippen LogP) is 1.28. The van der Waals surface area contributed by atoms with Crippen LogP contribution in [0.1, 0.15) is 64.6 Å². The van der Waals surface area contributed by atoms with Gasteiger partial charge in [-0.15, -0.1) is 0 Å². The first kappa shape index (κ1) is 20.1. The molecular formula is C23H28N2O3. The van der Waals surface area contributed by atoms with Gasteiger partial charge in [0.2, 0.25) is 0 Å². The zero-order valence-electron chi connectivity index (χ0n) is 16.8. The van der Waals surface area contributed by atoms with E-state index >= 15 is 0 Å². The minimum Gasteiger partial charge on any atom is -0.545 e. The summed E-state index contributed by atoms with van der Waals surface area (Å²) in [4.78, 5) is 27.0. The summed E-state index contributed by atoms with van der Waals surface area (Å²) in [6, 6.07) is 15.3. The van der Waals surface area contributed by atoms with E-state index in [2.05, 4.69) is 45.0 Å². The topological polar surface area (TPSA) is 64.9 Å². The van der Waals surface area contributed by atoms with Gasteiger partial charge in [-0.3, -0.25) is 4.79 Å². The smallest absolute Gasteiger partial charge is 0.254 e. The van der Waals surface area contributed by atoms with Crippen LogP contribution >= 0.6 is 0 Å². The first-order valence-electron chi connectivity index (χ1n) is 9.92. The van der Waals surface area contributed by atoms with Crippen molar-refractivity contribution in [2.75, 3.05) is 26.2 Å². The highest BCUT2D eigenvalue weighted by molar-refractivity contribution is 5.97. The van der Waals surface area contributed by atoms with Crippen molar-refractivity contribution in [1.82, 2.24) is 4.90 Å². The number of carbonyl (C=O) groups is 2. The second-order valence-corrected chi connectivity index (χ2v) is 7.86. The molecule has 3 rings (SSSR count). The Morgan fingerprint density at radius 3 is 2.07 bits per heavy atom. The van der Waals surface area contributed by atoms with E-state index in [0.717, 1.165) is 13.1 Å². The minimum absolute atomic E-state index is 0.0357. The summed E-state index contributed by atoms with van der Waals surface area (Å²) in [5.41, 5.74) is 3.11. The van der Waals surface area contributed by atoms with Gasteiger partial charge in [0.15, 0.2) is 0 Å². The van der Waals surface area contributed by atoms with Gasteiger partial charge >= 0.3 is 0 Å². The Balaban J connectivity index is 1.61. The fourth-order valence-corrected chi connectivity index (χ4v) is 3.80. The molecular weight excluding hydrogens is 352 g/mol. The fourth-order valence-electron chi connectivity index (χ4n) is 3.80. The zero-order valence-corrected chi connectivity index (χ0v) is 16.8. The van der Waals surface area contributed by atoms with E-state index in [0.29, 0.717) is 30.6 Å². The van der Waals surface area contributed by atoms with Crippen molar-refractivity contribution in [1.29, 1.82) is 0 Å². The fraction of sp³-hybridized carbons (Fsp3) is 0.391. The third kappa shape index (κ3) is 4.42. The van der Waals surface area contributed by atoms with Crippen LogP contribution in [-0.2, 0) is 0 Å². The van der Waals surface area contributed by atoms with Crippen LogP contribution < -0.4 is 10.0 Å². The number of rotatable bonds is 5. The number of carboxylic acids is 1. The highest BCUT2D eigenvalue weighted by atomic mass is 16.4. The van der Waals surface area contributed by atoms with Crippen LogP contribution in [0.15, 0.2) is 48.5 Å². The number of hydrogen-bond acceptors (Lipinski definition) is 3. The van der Waals surface area contributed by atoms with Gasteiger partial charge in [0.05, 0.1) is 32.1 Å². The zero-order chi connectivity index (χ0) is 20.3. The van der Waals surface area contributed by atoms with Gasteiger partial charge in [0.1, 0.15) is 6.04 Å². The summed E-state index contributed by atoms with van der Waals surface area (Å²) in [7, 11) is 0. The third-order valence-corrected chi connectivity index (χ3v) is 5.75. The van der Waals surface area contributed by atoms with Crippen molar-refractivity contribution in [3.63, 3.8) is 0 Å². The molecule has 1 amide bonds. The van der Waals surface area contributed by atoms with Gasteiger partial charge < -0.3 is 19.7 Å². The van der Waals surface area contributed by atoms with Crippen molar-refractivity contribution >= 4 is 11.9 Å². The van der Waals surface area contributed by atoms with Gasteiger partial charge in [-0.05, 0) is 36.1 Å². The normalized spacial score (nSPS) is 16.2. The van der Waals surface area contributed by atoms with Gasteiger partial charge in [0.25, 0.3) is 5.91 Å². The van der Waals surface area contributed by atoms with E-state index < -0.39 is 5.97 Å². The lowest BCUT2D eigenvalue weighted by Crippen LogP contribution is -3.14. The Labute approximate surface area is 166 Å². The standard InChI is InChI=1S/C23H28N2O3/c1-16(2)18-7-9-19(10-8-18)17(3)24-11-13-25(14-12-24)22(26)20-5-4-6-21(15-20)23(27)28/h4-10,15-17H,11-14H2,1-3H3,(H,27,28)/t17-/m1/s1. The van der Waals surface area contributed by atoms with Crippen LogP contribution in [0.4, 0.5) is 0 Å². The van der Waals surface area contributed by atoms with Crippen LogP contribution in [-0.4, -0.2) is 43.0 Å². The van der Waals surface area contributed by atoms with Crippen molar-refractivity contribution in [2.24, 2.45) is 0 Å². The number of quaternary nitrogens is 1. The number of amides is 1. The highest BCUT2D eigenvalue weighted by Gasteiger charge is 2.28. The number of benzene rings is 2. The monoisotopic (exact) mass is 380 g/mol. The summed E-state index contributed by atoms with van der Waals surface area (Å²) in [6.45, 7) is 9.71. The molecule has 0 aromatic heterocycles. The number of piperazine rings is 1. The quantitative estimate of drug-likeness (QED) is 0.850. The summed E-state index contributed by atoms with van der Waals surface area (Å²) < 4.78 is 0. The molecule has 1 aliphatic rings. The van der Waals surface area contributed by atoms with Crippen LogP contribution in [0.5, 0.6) is 0 Å². The Hall–Kier alpha value is -2.66. The van der Waals surface area contributed by atoms with Crippen molar-refractivity contribution in [2.45, 2.75) is 32.7 Å². The van der Waals surface area contributed by atoms with E-state index in [1.807, 2.05) is 4.90 Å². The Morgan fingerprint density at radius 1 is 0.929 bits per heavy atom. The first-order valence-corrected chi connectivity index (χ1v) is 9.92. The van der Waals surface area contributed by atoms with Crippen LogP contribution in [0.2, 0.25) is 0 Å². The van der Waals surface area contributed by atoms with Crippen LogP contribution in [0, 0.1) is 0 Å². The molecule has 2 aromatic rings. The summed E-state index contributed by atoms with van der Waals surface area (Å²) >= 11 is 0. The molecule has 1 saturated heterocycles. The maximum atomic E-state index is 12.7. The summed E-state index contributed by atoms with van der Waals surface area (Å²) in [5.74, 6) is -0.848. The average Bonchev–Trinajstić information content (AvgIpc) is 2.73. The molecule has 1 heterocycles. The highest BCUT2D eigenvalue weighted by Crippen LogP contribution is 2.17. The molecule has 2 aromatic carbocycles. The number of nitrogens with zero attached hydrogens (tertiary/aromatic N) is 1. The molecule has 148 valence electrons. The van der Waals surface area contributed by atoms with Gasteiger partial charge in [-0.2, -0.15) is 0 Å². The lowest BCUT2D eigenvalue weighted by molar-refractivity contribution is -0.933. The molecule has 5 nitrogen and oxygen atoms in total. The Kier molecular flexibility index (Phi) is 6.15. The molecule has 0 bridgehead atoms. The molecule has 5 heteroatoms. The Morgan fingerprint density at radius 2 is 1.50 bits per heavy atom. The van der Waals surface area contributed by atoms with E-state index in [4.69, 9.17) is 0 Å². The molecule has 1 fully saturated rings. The SMILES string of the molecule is CC(C)c1ccc([C@@H](C)[NH+]2CCN(C(=O)c3cccc(C(=O)[O-])c3)CC2)cc1. The number of nitrogens with one attached hydrogen (secondary N) is 1. The van der Waals surface area contributed by atoms with Crippen molar-refractivity contribution in [3.8, 4) is 0 Å². The molecule has 1 atom stereocenters. The predicted molar refractivity (Wildman–Crippen MR) is 106 cm³/mol. The summed E-state index contributed by atoms with van der Waals surface area (Å²) in [6.07, 6.45) is 0. The molecule has 1 aliphatic heterocycles. The second kappa shape index (κ2) is 8.57. The Bertz CT molecular complexity index is 837. The molecule has 0 saturated carbocycles. The van der Waals surface area contributed by atoms with E-state index in [-0.39, 0.29) is 11.5 Å². The maximum Gasteiger partial charge on any atom is 0.254 e. The van der Waals surface area contributed by atoms with E-state index in [9.17, 15) is 14.7 Å². The molecule has 0 aliphatic carbocycles. The van der Waals surface area contributed by atoms with Crippen molar-refractivity contribution < 1.29 is 19.6 Å². The maximum absolute atomic E-state index is 12.7. The van der Waals surface area contributed by atoms with Crippen LogP contribution in [0.25, 0.3) is 0 Å². The number of carbonyl (C=O) groups excluding carboxylic acids is 2. The average molecular weight is 380 g/mol. The first-order chi connectivity index (χ1) is 13.4. The second-order valence-electron chi connectivity index (χ2n) is 7.86. The summed E-state index contributed by atoms with van der Waals surface area (Å²) in [5, 5.41) is 11.0. The van der Waals surface area contributed by atoms with Gasteiger partial charge in [-0.25, -0.2) is 0 Å². The third-order valence-electron chi connectivity index (χ3n) is 5.75. The molecule has 28 heavy (non-hydrogen) atoms. The van der Waals surface area contributed by atoms with E-state index in [1.54, 1.807) is 12.1 Å². The minimum atomic E-state index is -1.26. The molecule has 1 N–H and O–H groups in total. The molecule has 0 radical (unpaired) electrons. The van der Waals surface area contributed by atoms with Gasteiger partial charge in [0, 0.05) is 11.1 Å². The largest absolute Gasteiger partial charge is 0.545 e. The number of aromatic carboxylic acids is 1. The van der Waals surface area contributed by atoms with Crippen molar-refractivity contribution in [3.05, 3.63) is 70.8 Å². The lowest BCUT2D eigenvalue weighted by Gasteiger charge is -2.35. The van der Waals surface area contributed by atoms with E-state index in [1.165, 1.54) is 28.2 Å². The molecule has 0 spiro atoms. The lowest BCUT2D eigenvalue weighted by atomic mass is 9.99. The van der Waals surface area contributed by atoms with Crippen LogP contribution in [0.3, 0.4) is 0 Å². The number of hydrogen-bond donors (Lipinski definition) is 1.